The maximum absolute atomic E-state index is 12.1. The lowest BCUT2D eigenvalue weighted by Gasteiger charge is -2.01. The summed E-state index contributed by atoms with van der Waals surface area (Å²) in [6.45, 7) is 0.397. The summed E-state index contributed by atoms with van der Waals surface area (Å²) in [6.07, 6.45) is 6.74. The predicted octanol–water partition coefficient (Wildman–Crippen LogP) is 3.27. The first kappa shape index (κ1) is 18.7. The van der Waals surface area contributed by atoms with E-state index < -0.39 is 10.8 Å². The number of hydrogen-bond donors (Lipinski definition) is 1. The molecular formula is C20H17N5O3. The minimum atomic E-state index is -0.449. The second kappa shape index (κ2) is 9.04. The Labute approximate surface area is 161 Å². The molecule has 8 nitrogen and oxygen atoms in total. The van der Waals surface area contributed by atoms with E-state index in [0.29, 0.717) is 6.54 Å². The van der Waals surface area contributed by atoms with Crippen molar-refractivity contribution >= 4 is 23.9 Å². The maximum Gasteiger partial charge on any atom is 0.291 e. The number of amides is 1. The van der Waals surface area contributed by atoms with Crippen LogP contribution in [0.5, 0.6) is 0 Å². The van der Waals surface area contributed by atoms with Crippen LogP contribution in [0.1, 0.15) is 21.6 Å². The first-order valence-electron chi connectivity index (χ1n) is 8.44. The van der Waals surface area contributed by atoms with Gasteiger partial charge in [0, 0.05) is 24.5 Å². The van der Waals surface area contributed by atoms with E-state index in [-0.39, 0.29) is 11.4 Å². The number of allylic oxidation sites excluding steroid dienone is 1. The molecule has 28 heavy (non-hydrogen) atoms. The third-order valence-corrected chi connectivity index (χ3v) is 3.78. The molecule has 0 fully saturated rings. The Kier molecular flexibility index (Phi) is 6.04. The minimum absolute atomic E-state index is 0.0310. The largest absolute Gasteiger partial charge is 0.291 e. The minimum Gasteiger partial charge on any atom is -0.268 e. The number of carbonyl (C=O) groups excluding carboxylic acids is 1. The van der Waals surface area contributed by atoms with Gasteiger partial charge in [0.2, 0.25) is 0 Å². The summed E-state index contributed by atoms with van der Waals surface area (Å²) in [7, 11) is 0. The van der Waals surface area contributed by atoms with Crippen LogP contribution >= 0.6 is 0 Å². The van der Waals surface area contributed by atoms with Crippen LogP contribution in [0, 0.1) is 10.1 Å². The first-order valence-corrected chi connectivity index (χ1v) is 8.44. The molecule has 3 aromatic rings. The average molecular weight is 375 g/mol. The fraction of sp³-hybridized carbons (Fsp3) is 0.0500. The molecule has 0 saturated carbocycles. The number of hydrazone groups is 1. The molecule has 1 heterocycles. The van der Waals surface area contributed by atoms with E-state index in [2.05, 4.69) is 15.6 Å². The van der Waals surface area contributed by atoms with Crippen molar-refractivity contribution in [3.8, 4) is 0 Å². The topological polar surface area (TPSA) is 102 Å². The Hall–Kier alpha value is -4.07. The van der Waals surface area contributed by atoms with Gasteiger partial charge in [-0.25, -0.2) is 5.43 Å². The molecule has 0 saturated heterocycles. The normalized spacial score (nSPS) is 11.1. The molecule has 0 aliphatic rings. The van der Waals surface area contributed by atoms with Crippen LogP contribution in [0.2, 0.25) is 0 Å². The molecule has 0 atom stereocenters. The van der Waals surface area contributed by atoms with Crippen molar-refractivity contribution in [2.75, 3.05) is 0 Å². The van der Waals surface area contributed by atoms with Gasteiger partial charge in [0.25, 0.3) is 11.6 Å². The van der Waals surface area contributed by atoms with Crippen LogP contribution in [0.3, 0.4) is 0 Å². The molecule has 3 rings (SSSR count). The van der Waals surface area contributed by atoms with Crippen molar-refractivity contribution in [3.05, 3.63) is 99.9 Å². The summed E-state index contributed by atoms with van der Waals surface area (Å²) in [6, 6.07) is 17.5. The first-order chi connectivity index (χ1) is 13.6. The Balaban J connectivity index is 1.52. The second-order valence-corrected chi connectivity index (χ2v) is 5.81. The highest BCUT2D eigenvalue weighted by Crippen LogP contribution is 2.12. The SMILES string of the molecule is O=C(N/N=C/C=C/c1ccccc1)c1ccn(Cc2ccc([N+](=O)[O-])cc2)n1. The number of aromatic nitrogens is 2. The molecule has 0 aliphatic carbocycles. The molecule has 0 spiro atoms. The number of benzene rings is 2. The summed E-state index contributed by atoms with van der Waals surface area (Å²) >= 11 is 0. The second-order valence-electron chi connectivity index (χ2n) is 5.81. The van der Waals surface area contributed by atoms with Gasteiger partial charge in [-0.3, -0.25) is 19.6 Å². The summed E-state index contributed by atoms with van der Waals surface area (Å²) in [5.41, 5.74) is 4.54. The number of nitrogens with zero attached hydrogens (tertiary/aromatic N) is 4. The van der Waals surface area contributed by atoms with Gasteiger partial charge in [-0.1, -0.05) is 48.5 Å². The van der Waals surface area contributed by atoms with E-state index in [1.54, 1.807) is 35.2 Å². The summed E-state index contributed by atoms with van der Waals surface area (Å²) in [5.74, 6) is -0.424. The number of carbonyl (C=O) groups is 1. The molecule has 8 heteroatoms. The van der Waals surface area contributed by atoms with Gasteiger partial charge in [-0.2, -0.15) is 10.2 Å². The zero-order valence-corrected chi connectivity index (χ0v) is 14.8. The molecule has 0 unspecified atom stereocenters. The van der Waals surface area contributed by atoms with Crippen molar-refractivity contribution in [2.24, 2.45) is 5.10 Å². The van der Waals surface area contributed by atoms with E-state index in [9.17, 15) is 14.9 Å². The van der Waals surface area contributed by atoms with Crippen molar-refractivity contribution in [1.82, 2.24) is 15.2 Å². The zero-order chi connectivity index (χ0) is 19.8. The van der Waals surface area contributed by atoms with Gasteiger partial charge < -0.3 is 0 Å². The number of nitro groups is 1. The molecule has 1 amide bonds. The Morgan fingerprint density at radius 2 is 1.89 bits per heavy atom. The summed E-state index contributed by atoms with van der Waals surface area (Å²) < 4.78 is 1.58. The molecular weight excluding hydrogens is 358 g/mol. The van der Waals surface area contributed by atoms with Gasteiger partial charge in [-0.15, -0.1) is 0 Å². The molecule has 1 aromatic heterocycles. The van der Waals surface area contributed by atoms with Gasteiger partial charge in [-0.05, 0) is 23.3 Å². The number of nitrogens with one attached hydrogen (secondary N) is 1. The fourth-order valence-corrected chi connectivity index (χ4v) is 2.40. The number of rotatable bonds is 7. The van der Waals surface area contributed by atoms with Crippen LogP contribution in [-0.4, -0.2) is 26.8 Å². The monoisotopic (exact) mass is 375 g/mol. The highest BCUT2D eigenvalue weighted by molar-refractivity contribution is 5.92. The summed E-state index contributed by atoms with van der Waals surface area (Å²) in [5, 5.41) is 18.7. The third-order valence-electron chi connectivity index (χ3n) is 3.78. The average Bonchev–Trinajstić information content (AvgIpc) is 3.17. The van der Waals surface area contributed by atoms with Gasteiger partial charge in [0.05, 0.1) is 11.5 Å². The van der Waals surface area contributed by atoms with Gasteiger partial charge in [0.1, 0.15) is 0 Å². The van der Waals surface area contributed by atoms with E-state index in [4.69, 9.17) is 0 Å². The predicted molar refractivity (Wildman–Crippen MR) is 106 cm³/mol. The van der Waals surface area contributed by atoms with Crippen molar-refractivity contribution in [2.45, 2.75) is 6.54 Å². The smallest absolute Gasteiger partial charge is 0.268 e. The van der Waals surface area contributed by atoms with E-state index in [0.717, 1.165) is 11.1 Å². The van der Waals surface area contributed by atoms with E-state index in [1.165, 1.54) is 18.3 Å². The lowest BCUT2D eigenvalue weighted by Crippen LogP contribution is -2.18. The van der Waals surface area contributed by atoms with E-state index >= 15 is 0 Å². The highest BCUT2D eigenvalue weighted by Gasteiger charge is 2.09. The van der Waals surface area contributed by atoms with Crippen molar-refractivity contribution < 1.29 is 9.72 Å². The fourth-order valence-electron chi connectivity index (χ4n) is 2.40. The highest BCUT2D eigenvalue weighted by atomic mass is 16.6. The van der Waals surface area contributed by atoms with Gasteiger partial charge in [0.15, 0.2) is 5.69 Å². The maximum atomic E-state index is 12.1. The third kappa shape index (κ3) is 5.21. The molecule has 140 valence electrons. The lowest BCUT2D eigenvalue weighted by molar-refractivity contribution is -0.384. The van der Waals surface area contributed by atoms with Gasteiger partial charge >= 0.3 is 0 Å². The number of hydrogen-bond acceptors (Lipinski definition) is 5. The Bertz CT molecular complexity index is 1010. The zero-order valence-electron chi connectivity index (χ0n) is 14.8. The van der Waals surface area contributed by atoms with E-state index in [1.807, 2.05) is 36.4 Å². The molecule has 0 bridgehead atoms. The number of nitro benzene ring substituents is 1. The van der Waals surface area contributed by atoms with Crippen molar-refractivity contribution in [3.63, 3.8) is 0 Å². The van der Waals surface area contributed by atoms with Crippen molar-refractivity contribution in [1.29, 1.82) is 0 Å². The Morgan fingerprint density at radius 1 is 1.14 bits per heavy atom. The van der Waals surface area contributed by atoms with Crippen LogP contribution in [0.15, 0.2) is 78.0 Å². The van der Waals surface area contributed by atoms with Crippen LogP contribution in [-0.2, 0) is 6.54 Å². The van der Waals surface area contributed by atoms with Crippen LogP contribution in [0.4, 0.5) is 5.69 Å². The molecule has 0 radical (unpaired) electrons. The Morgan fingerprint density at radius 3 is 2.61 bits per heavy atom. The molecule has 2 aromatic carbocycles. The summed E-state index contributed by atoms with van der Waals surface area (Å²) in [4.78, 5) is 22.3. The molecule has 0 aliphatic heterocycles. The number of non-ortho nitro benzene ring substituents is 1. The van der Waals surface area contributed by atoms with Crippen LogP contribution in [0.25, 0.3) is 6.08 Å². The van der Waals surface area contributed by atoms with Crippen LogP contribution < -0.4 is 5.43 Å². The standard InChI is InChI=1S/C20H17N5O3/c26-20(22-21-13-4-7-16-5-2-1-3-6-16)19-12-14-24(23-19)15-17-8-10-18(11-9-17)25(27)28/h1-14H,15H2,(H,22,26)/b7-4+,21-13+. The molecule has 1 N–H and O–H groups in total. The quantitative estimate of drug-likeness (QED) is 0.389. The lowest BCUT2D eigenvalue weighted by atomic mass is 10.2.